The number of alkyl halides is 3. The van der Waals surface area contributed by atoms with Crippen molar-refractivity contribution in [1.29, 1.82) is 0 Å². The average molecular weight is 344 g/mol. The van der Waals surface area contributed by atoms with Crippen LogP contribution >= 0.6 is 0 Å². The van der Waals surface area contributed by atoms with E-state index >= 15 is 0 Å². The van der Waals surface area contributed by atoms with E-state index in [9.17, 15) is 22.8 Å². The van der Waals surface area contributed by atoms with Crippen LogP contribution in [0.3, 0.4) is 0 Å². The average Bonchev–Trinajstić information content (AvgIpc) is 2.77. The first-order valence-corrected chi connectivity index (χ1v) is 7.57. The number of rotatable bonds is 3. The molecule has 24 heavy (non-hydrogen) atoms. The maximum absolute atomic E-state index is 12.5. The number of ether oxygens (including phenoxy) is 1. The van der Waals surface area contributed by atoms with Gasteiger partial charge in [0.1, 0.15) is 0 Å². The second-order valence-corrected chi connectivity index (χ2v) is 5.61. The topological polar surface area (TPSA) is 49.9 Å². The van der Waals surface area contributed by atoms with Crippen LogP contribution in [0.15, 0.2) is 24.3 Å². The van der Waals surface area contributed by atoms with E-state index in [2.05, 4.69) is 4.74 Å². The monoisotopic (exact) mass is 344 g/mol. The summed E-state index contributed by atoms with van der Waals surface area (Å²) in [5.74, 6) is -0.744. The summed E-state index contributed by atoms with van der Waals surface area (Å²) < 4.78 is 42.0. The van der Waals surface area contributed by atoms with Gasteiger partial charge in [0.15, 0.2) is 0 Å². The van der Waals surface area contributed by atoms with Crippen molar-refractivity contribution < 1.29 is 27.5 Å². The van der Waals surface area contributed by atoms with Gasteiger partial charge in [0, 0.05) is 31.7 Å². The Kier molecular flexibility index (Phi) is 5.82. The van der Waals surface area contributed by atoms with Gasteiger partial charge < -0.3 is 9.64 Å². The van der Waals surface area contributed by atoms with Crippen molar-refractivity contribution in [3.8, 4) is 0 Å². The normalized spacial score (nSPS) is 16.6. The first kappa shape index (κ1) is 18.3. The van der Waals surface area contributed by atoms with Gasteiger partial charge in [-0.3, -0.25) is 9.69 Å². The molecule has 1 saturated heterocycles. The molecule has 2 rings (SSSR count). The summed E-state index contributed by atoms with van der Waals surface area (Å²) in [7, 11) is 1.27. The van der Waals surface area contributed by atoms with Crippen LogP contribution in [0.4, 0.5) is 13.2 Å². The zero-order chi connectivity index (χ0) is 17.7. The molecule has 1 aliphatic rings. The van der Waals surface area contributed by atoms with Crippen LogP contribution in [-0.4, -0.2) is 67.7 Å². The lowest BCUT2D eigenvalue weighted by Crippen LogP contribution is -2.38. The molecule has 0 spiro atoms. The van der Waals surface area contributed by atoms with Gasteiger partial charge >= 0.3 is 12.1 Å². The van der Waals surface area contributed by atoms with E-state index in [1.54, 1.807) is 4.90 Å². The molecular weight excluding hydrogens is 325 g/mol. The van der Waals surface area contributed by atoms with Crippen molar-refractivity contribution in [1.82, 2.24) is 9.80 Å². The third-order valence-corrected chi connectivity index (χ3v) is 3.83. The van der Waals surface area contributed by atoms with Crippen molar-refractivity contribution >= 4 is 11.9 Å². The molecule has 1 fully saturated rings. The first-order valence-electron chi connectivity index (χ1n) is 7.57. The van der Waals surface area contributed by atoms with Crippen LogP contribution in [0.2, 0.25) is 0 Å². The van der Waals surface area contributed by atoms with E-state index in [4.69, 9.17) is 0 Å². The highest BCUT2D eigenvalue weighted by Gasteiger charge is 2.32. The van der Waals surface area contributed by atoms with Gasteiger partial charge in [-0.2, -0.15) is 13.2 Å². The summed E-state index contributed by atoms with van der Waals surface area (Å²) in [5, 5.41) is 0. The van der Waals surface area contributed by atoms with Gasteiger partial charge in [0.05, 0.1) is 19.2 Å². The Labute approximate surface area is 138 Å². The van der Waals surface area contributed by atoms with E-state index in [-0.39, 0.29) is 19.0 Å². The quantitative estimate of drug-likeness (QED) is 0.789. The van der Waals surface area contributed by atoms with Crippen LogP contribution < -0.4 is 0 Å². The van der Waals surface area contributed by atoms with Gasteiger partial charge in [-0.1, -0.05) is 0 Å². The van der Waals surface area contributed by atoms with Crippen LogP contribution in [0.5, 0.6) is 0 Å². The van der Waals surface area contributed by atoms with E-state index in [1.165, 1.54) is 36.3 Å². The lowest BCUT2D eigenvalue weighted by molar-refractivity contribution is -0.145. The minimum atomic E-state index is -4.23. The molecule has 1 aliphatic heterocycles. The fourth-order valence-electron chi connectivity index (χ4n) is 2.63. The molecule has 1 heterocycles. The number of hydrogen-bond donors (Lipinski definition) is 0. The summed E-state index contributed by atoms with van der Waals surface area (Å²) in [5.41, 5.74) is 0.730. The Morgan fingerprint density at radius 1 is 1.04 bits per heavy atom. The number of carbonyl (C=O) groups is 2. The van der Waals surface area contributed by atoms with Crippen LogP contribution in [0, 0.1) is 0 Å². The van der Waals surface area contributed by atoms with Gasteiger partial charge in [-0.25, -0.2) is 4.79 Å². The van der Waals surface area contributed by atoms with E-state index in [1.807, 2.05) is 0 Å². The lowest BCUT2D eigenvalue weighted by Gasteiger charge is -2.22. The zero-order valence-electron chi connectivity index (χ0n) is 13.3. The minimum Gasteiger partial charge on any atom is -0.465 e. The molecule has 0 aliphatic carbocycles. The third kappa shape index (κ3) is 4.95. The maximum atomic E-state index is 12.5. The van der Waals surface area contributed by atoms with Crippen molar-refractivity contribution in [2.45, 2.75) is 12.6 Å². The summed E-state index contributed by atoms with van der Waals surface area (Å²) in [6, 6.07) is 6.03. The molecule has 1 amide bonds. The number of benzene rings is 1. The molecular formula is C16H19F3N2O3. The summed E-state index contributed by atoms with van der Waals surface area (Å²) in [6.07, 6.45) is -3.75. The molecule has 1 aromatic rings. The Morgan fingerprint density at radius 3 is 2.25 bits per heavy atom. The minimum absolute atomic E-state index is 0.186. The Balaban J connectivity index is 1.98. The van der Waals surface area contributed by atoms with Crippen molar-refractivity contribution in [2.75, 3.05) is 39.8 Å². The molecule has 8 heteroatoms. The van der Waals surface area contributed by atoms with Gasteiger partial charge in [-0.05, 0) is 30.7 Å². The molecule has 0 atom stereocenters. The van der Waals surface area contributed by atoms with E-state index in [0.717, 1.165) is 0 Å². The van der Waals surface area contributed by atoms with Gasteiger partial charge in [0.25, 0.3) is 5.91 Å². The number of hydrogen-bond acceptors (Lipinski definition) is 4. The summed E-state index contributed by atoms with van der Waals surface area (Å²) >= 11 is 0. The highest BCUT2D eigenvalue weighted by molar-refractivity contribution is 5.96. The molecule has 1 aromatic carbocycles. The maximum Gasteiger partial charge on any atom is 0.401 e. The first-order chi connectivity index (χ1) is 11.3. The molecule has 0 saturated carbocycles. The second-order valence-electron chi connectivity index (χ2n) is 5.61. The number of esters is 1. The highest BCUT2D eigenvalue weighted by atomic mass is 19.4. The van der Waals surface area contributed by atoms with Crippen molar-refractivity contribution in [2.24, 2.45) is 0 Å². The van der Waals surface area contributed by atoms with E-state index in [0.29, 0.717) is 30.6 Å². The number of methoxy groups -OCH3 is 1. The van der Waals surface area contributed by atoms with Gasteiger partial charge in [-0.15, -0.1) is 0 Å². The second kappa shape index (κ2) is 7.65. The Bertz CT molecular complexity index is 587. The Morgan fingerprint density at radius 2 is 1.67 bits per heavy atom. The largest absolute Gasteiger partial charge is 0.465 e. The molecule has 0 aromatic heterocycles. The third-order valence-electron chi connectivity index (χ3n) is 3.83. The van der Waals surface area contributed by atoms with Crippen molar-refractivity contribution in [3.05, 3.63) is 35.4 Å². The molecule has 5 nitrogen and oxygen atoms in total. The van der Waals surface area contributed by atoms with Crippen LogP contribution in [0.25, 0.3) is 0 Å². The summed E-state index contributed by atoms with van der Waals surface area (Å²) in [6.45, 7) is 0.193. The smallest absolute Gasteiger partial charge is 0.401 e. The molecule has 0 unspecified atom stereocenters. The Hall–Kier alpha value is -2.09. The molecule has 0 radical (unpaired) electrons. The predicted octanol–water partition coefficient (Wildman–Crippen LogP) is 2.18. The van der Waals surface area contributed by atoms with E-state index < -0.39 is 18.7 Å². The number of halogens is 3. The lowest BCUT2D eigenvalue weighted by atomic mass is 10.1. The molecule has 0 N–H and O–H groups in total. The molecule has 132 valence electrons. The van der Waals surface area contributed by atoms with Crippen LogP contribution in [-0.2, 0) is 4.74 Å². The SMILES string of the molecule is COC(=O)c1ccc(C(=O)N2CCCN(CC(F)(F)F)CC2)cc1. The number of carbonyl (C=O) groups excluding carboxylic acids is 2. The number of nitrogens with zero attached hydrogens (tertiary/aromatic N) is 2. The number of amides is 1. The standard InChI is InChI=1S/C16H19F3N2O3/c1-24-15(23)13-5-3-12(4-6-13)14(22)21-8-2-7-20(9-10-21)11-16(17,18)19/h3-6H,2,7-11H2,1H3. The van der Waals surface area contributed by atoms with Crippen molar-refractivity contribution in [3.63, 3.8) is 0 Å². The van der Waals surface area contributed by atoms with Crippen LogP contribution in [0.1, 0.15) is 27.1 Å². The highest BCUT2D eigenvalue weighted by Crippen LogP contribution is 2.18. The summed E-state index contributed by atoms with van der Waals surface area (Å²) in [4.78, 5) is 26.7. The molecule has 0 bridgehead atoms. The fourth-order valence-corrected chi connectivity index (χ4v) is 2.63. The van der Waals surface area contributed by atoms with Gasteiger partial charge in [0.2, 0.25) is 0 Å². The fraction of sp³-hybridized carbons (Fsp3) is 0.500. The zero-order valence-corrected chi connectivity index (χ0v) is 13.3. The predicted molar refractivity (Wildman–Crippen MR) is 80.8 cm³/mol.